The number of carbonyl (C=O) groups is 2. The van der Waals surface area contributed by atoms with E-state index in [0.717, 1.165) is 5.56 Å². The van der Waals surface area contributed by atoms with Gasteiger partial charge in [-0.05, 0) is 26.3 Å². The van der Waals surface area contributed by atoms with Gasteiger partial charge in [0.1, 0.15) is 18.2 Å². The third-order valence-corrected chi connectivity index (χ3v) is 2.87. The second-order valence-corrected chi connectivity index (χ2v) is 6.21. The van der Waals surface area contributed by atoms with Gasteiger partial charge in [-0.1, -0.05) is 30.3 Å². The second kappa shape index (κ2) is 9.89. The summed E-state index contributed by atoms with van der Waals surface area (Å²) in [5.74, 6) is -0.531. The summed E-state index contributed by atoms with van der Waals surface area (Å²) < 4.78 is 10.2. The lowest BCUT2D eigenvalue weighted by molar-refractivity contribution is -0.158. The Bertz CT molecular complexity index is 513. The fraction of sp³-hybridized carbons (Fsp3) is 0.529. The predicted molar refractivity (Wildman–Crippen MR) is 89.4 cm³/mol. The van der Waals surface area contributed by atoms with Crippen molar-refractivity contribution in [3.63, 3.8) is 0 Å². The molecule has 1 rings (SSSR count). The quantitative estimate of drug-likeness (QED) is 0.487. The number of aliphatic hydroxyl groups is 1. The topological polar surface area (TPSA) is 96.9 Å². The Morgan fingerprint density at radius 2 is 1.83 bits per heavy atom. The van der Waals surface area contributed by atoms with Gasteiger partial charge in [-0.3, -0.25) is 4.79 Å². The highest BCUT2D eigenvalue weighted by Crippen LogP contribution is 2.08. The van der Waals surface area contributed by atoms with Crippen molar-refractivity contribution < 1.29 is 24.2 Å². The van der Waals surface area contributed by atoms with Crippen LogP contribution in [0, 0.1) is 0 Å². The van der Waals surface area contributed by atoms with Crippen LogP contribution in [0.1, 0.15) is 26.3 Å². The lowest BCUT2D eigenvalue weighted by atomic mass is 10.2. The summed E-state index contributed by atoms with van der Waals surface area (Å²) in [5.41, 5.74) is 0.280. The Balaban J connectivity index is 2.21. The van der Waals surface area contributed by atoms with Gasteiger partial charge in [-0.2, -0.15) is 0 Å². The maximum absolute atomic E-state index is 11.8. The summed E-state index contributed by atoms with van der Waals surface area (Å²) in [6.45, 7) is 5.62. The molecule has 0 aliphatic heterocycles. The molecule has 0 saturated heterocycles. The Morgan fingerprint density at radius 3 is 2.42 bits per heavy atom. The molecule has 24 heavy (non-hydrogen) atoms. The molecule has 0 fully saturated rings. The van der Waals surface area contributed by atoms with Crippen LogP contribution in [0.25, 0.3) is 0 Å². The molecule has 1 amide bonds. The Hall–Kier alpha value is -2.12. The first-order chi connectivity index (χ1) is 11.3. The van der Waals surface area contributed by atoms with Crippen molar-refractivity contribution in [3.8, 4) is 0 Å². The minimum absolute atomic E-state index is 0.192. The van der Waals surface area contributed by atoms with E-state index in [1.54, 1.807) is 20.8 Å². The largest absolute Gasteiger partial charge is 0.459 e. The van der Waals surface area contributed by atoms with Crippen LogP contribution in [-0.2, 0) is 20.9 Å². The SMILES string of the molecule is CC(C)(C)OC(=O)[C@H](CO)NCCNC(=O)OCc1ccccc1. The normalized spacial score (nSPS) is 12.3. The lowest BCUT2D eigenvalue weighted by Gasteiger charge is -2.23. The molecule has 0 spiro atoms. The number of amides is 1. The number of ether oxygens (including phenoxy) is 2. The van der Waals surface area contributed by atoms with Crippen molar-refractivity contribution in [2.75, 3.05) is 19.7 Å². The van der Waals surface area contributed by atoms with Gasteiger partial charge < -0.3 is 25.2 Å². The number of esters is 1. The van der Waals surface area contributed by atoms with Gasteiger partial charge >= 0.3 is 12.1 Å². The summed E-state index contributed by atoms with van der Waals surface area (Å²) in [7, 11) is 0. The smallest absolute Gasteiger partial charge is 0.407 e. The van der Waals surface area contributed by atoms with Crippen molar-refractivity contribution in [3.05, 3.63) is 35.9 Å². The third kappa shape index (κ3) is 8.50. The number of nitrogens with one attached hydrogen (secondary N) is 2. The molecule has 3 N–H and O–H groups in total. The van der Waals surface area contributed by atoms with Crippen LogP contribution >= 0.6 is 0 Å². The standard InChI is InChI=1S/C17H26N2O5/c1-17(2,3)24-15(21)14(11-20)18-9-10-19-16(22)23-12-13-7-5-4-6-8-13/h4-8,14,18,20H,9-12H2,1-3H3,(H,19,22)/t14-/m0/s1. The van der Waals surface area contributed by atoms with Gasteiger partial charge in [-0.15, -0.1) is 0 Å². The van der Waals surface area contributed by atoms with Gasteiger partial charge in [0.15, 0.2) is 0 Å². The van der Waals surface area contributed by atoms with E-state index in [1.165, 1.54) is 0 Å². The first-order valence-corrected chi connectivity index (χ1v) is 7.83. The average Bonchev–Trinajstić information content (AvgIpc) is 2.52. The molecule has 1 aromatic carbocycles. The van der Waals surface area contributed by atoms with E-state index >= 15 is 0 Å². The number of carbonyl (C=O) groups excluding carboxylic acids is 2. The van der Waals surface area contributed by atoms with Crippen molar-refractivity contribution in [2.45, 2.75) is 39.0 Å². The molecule has 134 valence electrons. The summed E-state index contributed by atoms with van der Waals surface area (Å²) >= 11 is 0. The monoisotopic (exact) mass is 338 g/mol. The van der Waals surface area contributed by atoms with Crippen molar-refractivity contribution >= 4 is 12.1 Å². The van der Waals surface area contributed by atoms with Crippen molar-refractivity contribution in [1.29, 1.82) is 0 Å². The summed E-state index contributed by atoms with van der Waals surface area (Å²) in [6, 6.07) is 8.52. The van der Waals surface area contributed by atoms with Gasteiger partial charge in [0.2, 0.25) is 0 Å². The molecular formula is C17H26N2O5. The molecule has 7 nitrogen and oxygen atoms in total. The van der Waals surface area contributed by atoms with E-state index < -0.39 is 23.7 Å². The van der Waals surface area contributed by atoms with Crippen LogP contribution in [0.15, 0.2) is 30.3 Å². The second-order valence-electron chi connectivity index (χ2n) is 6.21. The van der Waals surface area contributed by atoms with E-state index in [-0.39, 0.29) is 19.8 Å². The van der Waals surface area contributed by atoms with Gasteiger partial charge in [0, 0.05) is 13.1 Å². The van der Waals surface area contributed by atoms with Crippen molar-refractivity contribution in [2.24, 2.45) is 0 Å². The molecule has 0 aromatic heterocycles. The molecule has 0 unspecified atom stereocenters. The summed E-state index contributed by atoms with van der Waals surface area (Å²) in [4.78, 5) is 23.4. The van der Waals surface area contributed by atoms with E-state index in [9.17, 15) is 14.7 Å². The highest BCUT2D eigenvalue weighted by molar-refractivity contribution is 5.76. The van der Waals surface area contributed by atoms with Crippen LogP contribution in [-0.4, -0.2) is 48.5 Å². The van der Waals surface area contributed by atoms with E-state index in [2.05, 4.69) is 10.6 Å². The van der Waals surface area contributed by atoms with Gasteiger partial charge in [0.25, 0.3) is 0 Å². The maximum atomic E-state index is 11.8. The minimum atomic E-state index is -0.827. The molecule has 1 aromatic rings. The number of aliphatic hydroxyl groups excluding tert-OH is 1. The molecule has 0 saturated carbocycles. The molecular weight excluding hydrogens is 312 g/mol. The number of hydrogen-bond acceptors (Lipinski definition) is 6. The molecule has 0 aliphatic rings. The van der Waals surface area contributed by atoms with E-state index in [1.807, 2.05) is 30.3 Å². The van der Waals surface area contributed by atoms with Crippen LogP contribution in [0.2, 0.25) is 0 Å². The number of benzene rings is 1. The van der Waals surface area contributed by atoms with Crippen LogP contribution in [0.5, 0.6) is 0 Å². The Morgan fingerprint density at radius 1 is 1.17 bits per heavy atom. The first-order valence-electron chi connectivity index (χ1n) is 7.83. The zero-order valence-electron chi connectivity index (χ0n) is 14.4. The minimum Gasteiger partial charge on any atom is -0.459 e. The molecule has 7 heteroatoms. The van der Waals surface area contributed by atoms with Gasteiger partial charge in [0.05, 0.1) is 6.61 Å². The summed E-state index contributed by atoms with van der Waals surface area (Å²) in [5, 5.41) is 14.6. The predicted octanol–water partition coefficient (Wildman–Crippen LogP) is 1.21. The fourth-order valence-electron chi connectivity index (χ4n) is 1.78. The first kappa shape index (κ1) is 19.9. The van der Waals surface area contributed by atoms with E-state index in [0.29, 0.717) is 6.54 Å². The zero-order chi connectivity index (χ0) is 18.0. The van der Waals surface area contributed by atoms with Crippen LogP contribution in [0.3, 0.4) is 0 Å². The van der Waals surface area contributed by atoms with Crippen molar-refractivity contribution in [1.82, 2.24) is 10.6 Å². The molecule has 1 atom stereocenters. The van der Waals surface area contributed by atoms with Crippen LogP contribution in [0.4, 0.5) is 4.79 Å². The molecule has 0 bridgehead atoms. The molecule has 0 radical (unpaired) electrons. The highest BCUT2D eigenvalue weighted by atomic mass is 16.6. The Labute approximate surface area is 142 Å². The molecule has 0 heterocycles. The molecule has 0 aliphatic carbocycles. The highest BCUT2D eigenvalue weighted by Gasteiger charge is 2.23. The van der Waals surface area contributed by atoms with Crippen LogP contribution < -0.4 is 10.6 Å². The third-order valence-electron chi connectivity index (χ3n) is 2.87. The number of alkyl carbamates (subject to hydrolysis) is 1. The fourth-order valence-corrected chi connectivity index (χ4v) is 1.78. The summed E-state index contributed by atoms with van der Waals surface area (Å²) in [6.07, 6.45) is -0.543. The lowest BCUT2D eigenvalue weighted by Crippen LogP contribution is -2.46. The number of hydrogen-bond donors (Lipinski definition) is 3. The van der Waals surface area contributed by atoms with E-state index in [4.69, 9.17) is 9.47 Å². The zero-order valence-corrected chi connectivity index (χ0v) is 14.4. The average molecular weight is 338 g/mol. The number of rotatable bonds is 8. The maximum Gasteiger partial charge on any atom is 0.407 e. The van der Waals surface area contributed by atoms with Gasteiger partial charge in [-0.25, -0.2) is 4.79 Å². The Kier molecular flexibility index (Phi) is 8.21.